The third-order valence-corrected chi connectivity index (χ3v) is 3.46. The number of carbonyl (C=O) groups excluding carboxylic acids is 2. The van der Waals surface area contributed by atoms with Crippen molar-refractivity contribution >= 4 is 11.8 Å². The van der Waals surface area contributed by atoms with E-state index in [1.807, 2.05) is 42.5 Å². The molecular weight excluding hydrogens is 294 g/mol. The fourth-order valence-corrected chi connectivity index (χ4v) is 2.17. The van der Waals surface area contributed by atoms with Crippen LogP contribution in [0.4, 0.5) is 0 Å². The molecule has 0 aromatic heterocycles. The highest BCUT2D eigenvalue weighted by molar-refractivity contribution is 5.98. The van der Waals surface area contributed by atoms with Crippen LogP contribution in [0.5, 0.6) is 0 Å². The van der Waals surface area contributed by atoms with Crippen molar-refractivity contribution in [3.05, 3.63) is 60.2 Å². The lowest BCUT2D eigenvalue weighted by Gasteiger charge is -2.20. The summed E-state index contributed by atoms with van der Waals surface area (Å²) in [5.41, 5.74) is 9.59. The van der Waals surface area contributed by atoms with Crippen molar-refractivity contribution < 1.29 is 14.8 Å². The zero-order valence-electron chi connectivity index (χ0n) is 12.7. The first-order valence-corrected chi connectivity index (χ1v) is 7.19. The predicted molar refractivity (Wildman–Crippen MR) is 86.7 cm³/mol. The summed E-state index contributed by atoms with van der Waals surface area (Å²) < 4.78 is 0. The average Bonchev–Trinajstić information content (AvgIpc) is 2.59. The molecule has 2 amide bonds. The van der Waals surface area contributed by atoms with Gasteiger partial charge >= 0.3 is 0 Å². The molecule has 0 aliphatic carbocycles. The summed E-state index contributed by atoms with van der Waals surface area (Å²) >= 11 is 0. The molecule has 2 aromatic carbocycles. The molecule has 0 bridgehead atoms. The Balaban J connectivity index is 2.12. The Morgan fingerprint density at radius 1 is 1.00 bits per heavy atom. The molecule has 0 heterocycles. The maximum absolute atomic E-state index is 12.2. The fraction of sp³-hybridized carbons (Fsp3) is 0.176. The van der Waals surface area contributed by atoms with Crippen molar-refractivity contribution in [1.29, 1.82) is 0 Å². The highest BCUT2D eigenvalue weighted by Crippen LogP contribution is 2.19. The lowest BCUT2D eigenvalue weighted by Crippen LogP contribution is -2.54. The number of hydrogen-bond acceptors (Lipinski definition) is 4. The summed E-state index contributed by atoms with van der Waals surface area (Å²) in [5.74, 6) is -1.19. The van der Waals surface area contributed by atoms with E-state index in [1.54, 1.807) is 19.1 Å². The quantitative estimate of drug-likeness (QED) is 0.493. The normalized spacial score (nSPS) is 13.0. The Hall–Kier alpha value is -2.70. The first kappa shape index (κ1) is 16.7. The van der Waals surface area contributed by atoms with Gasteiger partial charge in [-0.2, -0.15) is 0 Å². The van der Waals surface area contributed by atoms with Crippen LogP contribution in [0.3, 0.4) is 0 Å². The second kappa shape index (κ2) is 7.53. The Labute approximate surface area is 134 Å². The van der Waals surface area contributed by atoms with Crippen LogP contribution in [0.2, 0.25) is 0 Å². The topological polar surface area (TPSA) is 104 Å². The third kappa shape index (κ3) is 4.15. The van der Waals surface area contributed by atoms with Crippen molar-refractivity contribution in [3.8, 4) is 11.1 Å². The third-order valence-electron chi connectivity index (χ3n) is 3.46. The van der Waals surface area contributed by atoms with Gasteiger partial charge in [-0.3, -0.25) is 14.8 Å². The number of amides is 2. The first-order valence-electron chi connectivity index (χ1n) is 7.19. The monoisotopic (exact) mass is 313 g/mol. The van der Waals surface area contributed by atoms with E-state index < -0.39 is 23.9 Å². The van der Waals surface area contributed by atoms with E-state index in [1.165, 1.54) is 5.48 Å². The van der Waals surface area contributed by atoms with Crippen LogP contribution >= 0.6 is 0 Å². The Kier molecular flexibility index (Phi) is 5.46. The van der Waals surface area contributed by atoms with E-state index in [0.717, 1.165) is 11.1 Å². The van der Waals surface area contributed by atoms with E-state index in [4.69, 9.17) is 10.9 Å². The van der Waals surface area contributed by atoms with Crippen molar-refractivity contribution in [1.82, 2.24) is 10.8 Å². The van der Waals surface area contributed by atoms with Gasteiger partial charge in [-0.05, 0) is 30.2 Å². The second-order valence-corrected chi connectivity index (χ2v) is 5.23. The molecule has 0 saturated heterocycles. The first-order chi connectivity index (χ1) is 11.0. The van der Waals surface area contributed by atoms with Gasteiger partial charge < -0.3 is 11.1 Å². The van der Waals surface area contributed by atoms with Gasteiger partial charge in [-0.25, -0.2) is 5.48 Å². The van der Waals surface area contributed by atoms with Crippen LogP contribution in [-0.2, 0) is 4.79 Å². The summed E-state index contributed by atoms with van der Waals surface area (Å²) in [5, 5.41) is 11.2. The molecule has 2 aromatic rings. The standard InChI is InChI=1S/C17H19N3O3/c1-11(18)15(17(22)20-23)19-16(21)14-9-7-13(8-10-14)12-5-3-2-4-6-12/h2-11,15,23H,18H2,1H3,(H,19,21)(H,20,22)/t11-,15-/m1/s1. The van der Waals surface area contributed by atoms with Gasteiger partial charge in [0.1, 0.15) is 6.04 Å². The number of hydrogen-bond donors (Lipinski definition) is 4. The lowest BCUT2D eigenvalue weighted by atomic mass is 10.0. The summed E-state index contributed by atoms with van der Waals surface area (Å²) in [6.07, 6.45) is 0. The molecule has 6 nitrogen and oxygen atoms in total. The summed E-state index contributed by atoms with van der Waals surface area (Å²) in [6, 6.07) is 15.1. The van der Waals surface area contributed by atoms with E-state index in [9.17, 15) is 9.59 Å². The molecular formula is C17H19N3O3. The maximum Gasteiger partial charge on any atom is 0.267 e. The number of benzene rings is 2. The van der Waals surface area contributed by atoms with Crippen LogP contribution in [-0.4, -0.2) is 29.1 Å². The predicted octanol–water partition coefficient (Wildman–Crippen LogP) is 1.30. The van der Waals surface area contributed by atoms with Crippen LogP contribution in [0, 0.1) is 0 Å². The van der Waals surface area contributed by atoms with Gasteiger partial charge in [0.25, 0.3) is 11.8 Å². The highest BCUT2D eigenvalue weighted by Gasteiger charge is 2.24. The highest BCUT2D eigenvalue weighted by atomic mass is 16.5. The molecule has 23 heavy (non-hydrogen) atoms. The largest absolute Gasteiger partial charge is 0.339 e. The van der Waals surface area contributed by atoms with Crippen molar-refractivity contribution in [3.63, 3.8) is 0 Å². The van der Waals surface area contributed by atoms with Crippen molar-refractivity contribution in [2.24, 2.45) is 5.73 Å². The number of hydroxylamine groups is 1. The minimum atomic E-state index is -1.01. The Morgan fingerprint density at radius 2 is 1.57 bits per heavy atom. The van der Waals surface area contributed by atoms with Gasteiger partial charge in [-0.15, -0.1) is 0 Å². The van der Waals surface area contributed by atoms with E-state index >= 15 is 0 Å². The SMILES string of the molecule is C[C@@H](N)[C@@H](NC(=O)c1ccc(-c2ccccc2)cc1)C(=O)NO. The van der Waals surface area contributed by atoms with Crippen LogP contribution in [0.25, 0.3) is 11.1 Å². The van der Waals surface area contributed by atoms with Crippen LogP contribution in [0.1, 0.15) is 17.3 Å². The minimum Gasteiger partial charge on any atom is -0.339 e. The number of rotatable bonds is 5. The van der Waals surface area contributed by atoms with E-state index in [2.05, 4.69) is 5.32 Å². The summed E-state index contributed by atoms with van der Waals surface area (Å²) in [7, 11) is 0. The Bertz CT molecular complexity index is 669. The van der Waals surface area contributed by atoms with Crippen molar-refractivity contribution in [2.45, 2.75) is 19.0 Å². The number of nitrogens with one attached hydrogen (secondary N) is 2. The van der Waals surface area contributed by atoms with Gasteiger partial charge in [-0.1, -0.05) is 42.5 Å². The van der Waals surface area contributed by atoms with Crippen LogP contribution < -0.4 is 16.5 Å². The molecule has 2 rings (SSSR count). The maximum atomic E-state index is 12.2. The van der Waals surface area contributed by atoms with E-state index in [-0.39, 0.29) is 0 Å². The van der Waals surface area contributed by atoms with Gasteiger partial charge in [0.2, 0.25) is 0 Å². The molecule has 120 valence electrons. The Morgan fingerprint density at radius 3 is 2.09 bits per heavy atom. The molecule has 0 saturated carbocycles. The zero-order valence-corrected chi connectivity index (χ0v) is 12.7. The smallest absolute Gasteiger partial charge is 0.267 e. The van der Waals surface area contributed by atoms with Crippen molar-refractivity contribution in [2.75, 3.05) is 0 Å². The molecule has 0 aliphatic rings. The molecule has 6 heteroatoms. The van der Waals surface area contributed by atoms with Crippen LogP contribution in [0.15, 0.2) is 54.6 Å². The fourth-order valence-electron chi connectivity index (χ4n) is 2.17. The zero-order chi connectivity index (χ0) is 16.8. The summed E-state index contributed by atoms with van der Waals surface area (Å²) in [4.78, 5) is 23.7. The molecule has 2 atom stereocenters. The molecule has 0 aliphatic heterocycles. The second-order valence-electron chi connectivity index (χ2n) is 5.23. The minimum absolute atomic E-state index is 0.404. The van der Waals surface area contributed by atoms with E-state index in [0.29, 0.717) is 5.56 Å². The molecule has 0 unspecified atom stereocenters. The lowest BCUT2D eigenvalue weighted by molar-refractivity contribution is -0.131. The number of nitrogens with two attached hydrogens (primary N) is 1. The molecule has 5 N–H and O–H groups in total. The van der Waals surface area contributed by atoms with Gasteiger partial charge in [0.15, 0.2) is 0 Å². The van der Waals surface area contributed by atoms with Gasteiger partial charge in [0.05, 0.1) is 0 Å². The average molecular weight is 313 g/mol. The molecule has 0 radical (unpaired) electrons. The summed E-state index contributed by atoms with van der Waals surface area (Å²) in [6.45, 7) is 1.57. The molecule has 0 fully saturated rings. The number of carbonyl (C=O) groups is 2. The van der Waals surface area contributed by atoms with Gasteiger partial charge in [0, 0.05) is 11.6 Å². The molecule has 0 spiro atoms.